The van der Waals surface area contributed by atoms with Crippen LogP contribution in [0.2, 0.25) is 5.02 Å². The summed E-state index contributed by atoms with van der Waals surface area (Å²) in [7, 11) is 3.84. The van der Waals surface area contributed by atoms with Gasteiger partial charge in [-0.15, -0.1) is 0 Å². The lowest BCUT2D eigenvalue weighted by Crippen LogP contribution is -2.06. The Bertz CT molecular complexity index is 491. The molecule has 0 spiro atoms. The van der Waals surface area contributed by atoms with Crippen molar-refractivity contribution in [2.75, 3.05) is 7.05 Å². The van der Waals surface area contributed by atoms with Crippen LogP contribution < -0.4 is 5.32 Å². The van der Waals surface area contributed by atoms with Gasteiger partial charge in [0.25, 0.3) is 0 Å². The highest BCUT2D eigenvalue weighted by atomic mass is 35.5. The third-order valence-electron chi connectivity index (χ3n) is 2.45. The Hall–Kier alpha value is -1.32. The molecular weight excluding hydrogens is 222 g/mol. The number of nitrogens with zero attached hydrogens (tertiary/aromatic N) is 2. The minimum atomic E-state index is 0.762. The van der Waals surface area contributed by atoms with Crippen LogP contribution in [0.15, 0.2) is 30.6 Å². The van der Waals surface area contributed by atoms with Gasteiger partial charge in [0.1, 0.15) is 0 Å². The van der Waals surface area contributed by atoms with Crippen molar-refractivity contribution in [2.45, 2.75) is 6.54 Å². The van der Waals surface area contributed by atoms with Gasteiger partial charge < -0.3 is 5.32 Å². The fourth-order valence-corrected chi connectivity index (χ4v) is 1.94. The molecule has 0 radical (unpaired) electrons. The average molecular weight is 236 g/mol. The van der Waals surface area contributed by atoms with E-state index in [2.05, 4.69) is 10.4 Å². The summed E-state index contributed by atoms with van der Waals surface area (Å²) in [6.07, 6.45) is 3.87. The van der Waals surface area contributed by atoms with Gasteiger partial charge in [-0.25, -0.2) is 0 Å². The SMILES string of the molecule is CNCc1cc(Cl)ccc1-c1cnn(C)c1. The van der Waals surface area contributed by atoms with Crippen LogP contribution in [-0.4, -0.2) is 16.8 Å². The summed E-state index contributed by atoms with van der Waals surface area (Å²) in [5, 5.41) is 8.08. The van der Waals surface area contributed by atoms with E-state index in [-0.39, 0.29) is 0 Å². The highest BCUT2D eigenvalue weighted by Crippen LogP contribution is 2.25. The molecule has 1 N–H and O–H groups in total. The van der Waals surface area contributed by atoms with Crippen molar-refractivity contribution >= 4 is 11.6 Å². The molecule has 0 saturated heterocycles. The number of hydrogen-bond acceptors (Lipinski definition) is 2. The van der Waals surface area contributed by atoms with Gasteiger partial charge in [0, 0.05) is 30.4 Å². The summed E-state index contributed by atoms with van der Waals surface area (Å²) in [4.78, 5) is 0. The maximum absolute atomic E-state index is 6.00. The second kappa shape index (κ2) is 4.68. The smallest absolute Gasteiger partial charge is 0.0568 e. The van der Waals surface area contributed by atoms with Crippen molar-refractivity contribution in [3.05, 3.63) is 41.2 Å². The number of aryl methyl sites for hydroxylation is 1. The van der Waals surface area contributed by atoms with Gasteiger partial charge in [-0.2, -0.15) is 5.10 Å². The second-order valence-electron chi connectivity index (χ2n) is 3.73. The van der Waals surface area contributed by atoms with Crippen LogP contribution in [0.4, 0.5) is 0 Å². The molecule has 0 amide bonds. The molecule has 0 unspecified atom stereocenters. The van der Waals surface area contributed by atoms with E-state index in [1.165, 1.54) is 11.1 Å². The number of aromatic nitrogens is 2. The second-order valence-corrected chi connectivity index (χ2v) is 4.17. The zero-order valence-corrected chi connectivity index (χ0v) is 10.1. The third-order valence-corrected chi connectivity index (χ3v) is 2.69. The molecule has 3 nitrogen and oxygen atoms in total. The monoisotopic (exact) mass is 235 g/mol. The molecule has 0 fully saturated rings. The third kappa shape index (κ3) is 2.26. The van der Waals surface area contributed by atoms with Crippen LogP contribution in [0.1, 0.15) is 5.56 Å². The van der Waals surface area contributed by atoms with Crippen molar-refractivity contribution < 1.29 is 0 Å². The number of hydrogen-bond donors (Lipinski definition) is 1. The standard InChI is InChI=1S/C12H14ClN3/c1-14-6-9-5-11(13)3-4-12(9)10-7-15-16(2)8-10/h3-5,7-8,14H,6H2,1-2H3. The van der Waals surface area contributed by atoms with E-state index in [9.17, 15) is 0 Å². The van der Waals surface area contributed by atoms with E-state index in [0.717, 1.165) is 17.1 Å². The van der Waals surface area contributed by atoms with E-state index >= 15 is 0 Å². The van der Waals surface area contributed by atoms with Gasteiger partial charge in [0.2, 0.25) is 0 Å². The molecule has 0 aliphatic heterocycles. The molecule has 2 aromatic rings. The first kappa shape index (κ1) is 11.2. The molecule has 84 valence electrons. The fraction of sp³-hybridized carbons (Fsp3) is 0.250. The Morgan fingerprint density at radius 1 is 1.44 bits per heavy atom. The normalized spacial score (nSPS) is 10.7. The summed E-state index contributed by atoms with van der Waals surface area (Å²) in [5.41, 5.74) is 3.47. The largest absolute Gasteiger partial charge is 0.316 e. The Balaban J connectivity index is 2.47. The molecular formula is C12H14ClN3. The van der Waals surface area contributed by atoms with Crippen LogP contribution in [0.3, 0.4) is 0 Å². The van der Waals surface area contributed by atoms with Crippen LogP contribution in [0.25, 0.3) is 11.1 Å². The van der Waals surface area contributed by atoms with Gasteiger partial charge in [0.15, 0.2) is 0 Å². The summed E-state index contributed by atoms with van der Waals surface area (Å²) in [6.45, 7) is 0.796. The van der Waals surface area contributed by atoms with Crippen molar-refractivity contribution in [1.29, 1.82) is 0 Å². The zero-order chi connectivity index (χ0) is 11.5. The molecule has 0 atom stereocenters. The highest BCUT2D eigenvalue weighted by molar-refractivity contribution is 6.30. The van der Waals surface area contributed by atoms with Crippen molar-refractivity contribution in [2.24, 2.45) is 7.05 Å². The molecule has 4 heteroatoms. The molecule has 0 aliphatic rings. The number of nitrogens with one attached hydrogen (secondary N) is 1. The van der Waals surface area contributed by atoms with Crippen LogP contribution in [-0.2, 0) is 13.6 Å². The fourth-order valence-electron chi connectivity index (χ4n) is 1.74. The van der Waals surface area contributed by atoms with Crippen molar-refractivity contribution in [3.63, 3.8) is 0 Å². The predicted octanol–water partition coefficient (Wildman–Crippen LogP) is 2.46. The minimum Gasteiger partial charge on any atom is -0.316 e. The van der Waals surface area contributed by atoms with Gasteiger partial charge in [-0.05, 0) is 30.3 Å². The first-order valence-corrected chi connectivity index (χ1v) is 5.50. The Morgan fingerprint density at radius 3 is 2.88 bits per heavy atom. The van der Waals surface area contributed by atoms with Gasteiger partial charge >= 0.3 is 0 Å². The average Bonchev–Trinajstić information content (AvgIpc) is 2.65. The minimum absolute atomic E-state index is 0.762. The first-order valence-electron chi connectivity index (χ1n) is 5.13. The van der Waals surface area contributed by atoms with Gasteiger partial charge in [-0.3, -0.25) is 4.68 Å². The zero-order valence-electron chi connectivity index (χ0n) is 9.37. The van der Waals surface area contributed by atoms with E-state index in [1.54, 1.807) is 4.68 Å². The van der Waals surface area contributed by atoms with Gasteiger partial charge in [0.05, 0.1) is 6.20 Å². The molecule has 0 saturated carbocycles. The lowest BCUT2D eigenvalue weighted by molar-refractivity contribution is 0.768. The molecule has 0 bridgehead atoms. The van der Waals surface area contributed by atoms with Gasteiger partial charge in [-0.1, -0.05) is 17.7 Å². The van der Waals surface area contributed by atoms with E-state index in [1.807, 2.05) is 44.7 Å². The molecule has 16 heavy (non-hydrogen) atoms. The Morgan fingerprint density at radius 2 is 2.25 bits per heavy atom. The molecule has 0 aliphatic carbocycles. The lowest BCUT2D eigenvalue weighted by atomic mass is 10.0. The maximum atomic E-state index is 6.00. The van der Waals surface area contributed by atoms with Crippen LogP contribution in [0, 0.1) is 0 Å². The maximum Gasteiger partial charge on any atom is 0.0568 e. The summed E-state index contributed by atoms with van der Waals surface area (Å²) in [5.74, 6) is 0. The van der Waals surface area contributed by atoms with Crippen LogP contribution >= 0.6 is 11.6 Å². The Labute approximate surface area is 100 Å². The van der Waals surface area contributed by atoms with E-state index in [0.29, 0.717) is 0 Å². The summed E-state index contributed by atoms with van der Waals surface area (Å²) in [6, 6.07) is 5.93. The number of rotatable bonds is 3. The first-order chi connectivity index (χ1) is 7.70. The summed E-state index contributed by atoms with van der Waals surface area (Å²) >= 11 is 6.00. The number of halogens is 1. The van der Waals surface area contributed by atoms with E-state index < -0.39 is 0 Å². The molecule has 1 aromatic heterocycles. The lowest BCUT2D eigenvalue weighted by Gasteiger charge is -2.07. The molecule has 1 aromatic carbocycles. The van der Waals surface area contributed by atoms with E-state index in [4.69, 9.17) is 11.6 Å². The molecule has 2 rings (SSSR count). The quantitative estimate of drug-likeness (QED) is 0.886. The number of benzene rings is 1. The highest BCUT2D eigenvalue weighted by Gasteiger charge is 2.06. The van der Waals surface area contributed by atoms with Crippen LogP contribution in [0.5, 0.6) is 0 Å². The molecule has 1 heterocycles. The van der Waals surface area contributed by atoms with Crippen molar-refractivity contribution in [1.82, 2.24) is 15.1 Å². The topological polar surface area (TPSA) is 29.9 Å². The van der Waals surface area contributed by atoms with Crippen molar-refractivity contribution in [3.8, 4) is 11.1 Å². The summed E-state index contributed by atoms with van der Waals surface area (Å²) < 4.78 is 1.80. The predicted molar refractivity (Wildman–Crippen MR) is 66.4 cm³/mol. The Kier molecular flexibility index (Phi) is 3.27.